The molecule has 0 bridgehead atoms. The van der Waals surface area contributed by atoms with E-state index in [1.165, 1.54) is 4.90 Å². The third-order valence-corrected chi connectivity index (χ3v) is 2.52. The molecule has 0 aromatic rings. The van der Waals surface area contributed by atoms with Crippen LogP contribution in [0.2, 0.25) is 0 Å². The minimum Gasteiger partial charge on any atom is -0.444 e. The standard InChI is InChI=1S/C13H25FN2O2/c1-12(2,3)15-10-8-16(7-9(10)14)11(17)18-13(4,5)6/h9-10,15H,7-8H2,1-6H3/t9-,10+/m0/s1. The quantitative estimate of drug-likeness (QED) is 0.786. The SMILES string of the molecule is CC(C)(C)N[C@@H]1CN(C(=O)OC(C)(C)C)C[C@@H]1F. The van der Waals surface area contributed by atoms with Gasteiger partial charge in [0, 0.05) is 12.1 Å². The van der Waals surface area contributed by atoms with Crippen LogP contribution in [0.4, 0.5) is 9.18 Å². The van der Waals surface area contributed by atoms with E-state index >= 15 is 0 Å². The number of ether oxygens (including phenoxy) is 1. The number of nitrogens with one attached hydrogen (secondary N) is 1. The molecule has 5 heteroatoms. The Hall–Kier alpha value is -0.840. The zero-order chi connectivity index (χ0) is 14.1. The number of rotatable bonds is 1. The second kappa shape index (κ2) is 5.03. The van der Waals surface area contributed by atoms with Crippen molar-refractivity contribution in [1.82, 2.24) is 10.2 Å². The molecule has 0 saturated carbocycles. The van der Waals surface area contributed by atoms with E-state index in [9.17, 15) is 9.18 Å². The van der Waals surface area contributed by atoms with Gasteiger partial charge >= 0.3 is 6.09 Å². The van der Waals surface area contributed by atoms with E-state index in [2.05, 4.69) is 5.32 Å². The van der Waals surface area contributed by atoms with E-state index in [4.69, 9.17) is 4.74 Å². The predicted octanol–water partition coefficient (Wildman–Crippen LogP) is 2.33. The number of alkyl halides is 1. The van der Waals surface area contributed by atoms with Gasteiger partial charge in [0.1, 0.15) is 11.8 Å². The van der Waals surface area contributed by atoms with Crippen LogP contribution >= 0.6 is 0 Å². The average Bonchev–Trinajstić information content (AvgIpc) is 2.42. The largest absolute Gasteiger partial charge is 0.444 e. The molecule has 1 heterocycles. The van der Waals surface area contributed by atoms with Crippen molar-refractivity contribution in [3.05, 3.63) is 0 Å². The number of halogens is 1. The summed E-state index contributed by atoms with van der Waals surface area (Å²) in [6, 6.07) is -0.322. The van der Waals surface area contributed by atoms with Gasteiger partial charge in [-0.3, -0.25) is 0 Å². The summed E-state index contributed by atoms with van der Waals surface area (Å²) in [6.07, 6.45) is -1.49. The van der Waals surface area contributed by atoms with Gasteiger partial charge in [-0.25, -0.2) is 9.18 Å². The third-order valence-electron chi connectivity index (χ3n) is 2.52. The van der Waals surface area contributed by atoms with Gasteiger partial charge in [0.25, 0.3) is 0 Å². The van der Waals surface area contributed by atoms with Crippen LogP contribution in [0.3, 0.4) is 0 Å². The lowest BCUT2D eigenvalue weighted by molar-refractivity contribution is 0.0281. The fourth-order valence-electron chi connectivity index (χ4n) is 1.93. The molecule has 106 valence electrons. The summed E-state index contributed by atoms with van der Waals surface area (Å²) in [7, 11) is 0. The van der Waals surface area contributed by atoms with Gasteiger partial charge in [-0.2, -0.15) is 0 Å². The fraction of sp³-hybridized carbons (Fsp3) is 0.923. The van der Waals surface area contributed by atoms with Gasteiger partial charge in [-0.15, -0.1) is 0 Å². The molecular formula is C13H25FN2O2. The van der Waals surface area contributed by atoms with E-state index in [-0.39, 0.29) is 18.1 Å². The lowest BCUT2D eigenvalue weighted by Gasteiger charge is -2.27. The summed E-state index contributed by atoms with van der Waals surface area (Å²) in [5.74, 6) is 0. The Labute approximate surface area is 109 Å². The molecule has 1 aliphatic rings. The zero-order valence-electron chi connectivity index (χ0n) is 12.2. The Kier molecular flexibility index (Phi) is 4.26. The van der Waals surface area contributed by atoms with Crippen molar-refractivity contribution < 1.29 is 13.9 Å². The molecule has 4 nitrogen and oxygen atoms in total. The highest BCUT2D eigenvalue weighted by Crippen LogP contribution is 2.19. The lowest BCUT2D eigenvalue weighted by atomic mass is 10.1. The Bertz CT molecular complexity index is 307. The van der Waals surface area contributed by atoms with Gasteiger partial charge < -0.3 is 15.0 Å². The van der Waals surface area contributed by atoms with Gasteiger partial charge in [0.2, 0.25) is 0 Å². The molecule has 2 atom stereocenters. The van der Waals surface area contributed by atoms with Crippen molar-refractivity contribution in [2.24, 2.45) is 0 Å². The van der Waals surface area contributed by atoms with Gasteiger partial charge in [0.15, 0.2) is 0 Å². The molecule has 0 unspecified atom stereocenters. The molecule has 1 aliphatic heterocycles. The second-order valence-corrected chi connectivity index (χ2v) is 6.90. The van der Waals surface area contributed by atoms with E-state index < -0.39 is 17.9 Å². The van der Waals surface area contributed by atoms with Crippen LogP contribution in [0.5, 0.6) is 0 Å². The van der Waals surface area contributed by atoms with Gasteiger partial charge in [-0.05, 0) is 41.5 Å². The number of hydrogen-bond donors (Lipinski definition) is 1. The molecule has 1 amide bonds. The molecule has 1 rings (SSSR count). The summed E-state index contributed by atoms with van der Waals surface area (Å²) in [5.41, 5.74) is -0.711. The second-order valence-electron chi connectivity index (χ2n) is 6.90. The van der Waals surface area contributed by atoms with Crippen LogP contribution < -0.4 is 5.32 Å². The Balaban J connectivity index is 2.56. The molecule has 1 N–H and O–H groups in total. The van der Waals surface area contributed by atoms with Crippen LogP contribution in [0.15, 0.2) is 0 Å². The topological polar surface area (TPSA) is 41.6 Å². The maximum atomic E-state index is 13.8. The minimum absolute atomic E-state index is 0.0999. The molecule has 0 aromatic heterocycles. The molecule has 1 saturated heterocycles. The molecule has 0 aromatic carbocycles. The van der Waals surface area contributed by atoms with Crippen LogP contribution in [-0.4, -0.2) is 47.4 Å². The fourth-order valence-corrected chi connectivity index (χ4v) is 1.93. The number of likely N-dealkylation sites (tertiary alicyclic amines) is 1. The van der Waals surface area contributed by atoms with E-state index in [1.807, 2.05) is 20.8 Å². The van der Waals surface area contributed by atoms with Gasteiger partial charge in [-0.1, -0.05) is 0 Å². The number of carbonyl (C=O) groups excluding carboxylic acids is 1. The molecular weight excluding hydrogens is 235 g/mol. The van der Waals surface area contributed by atoms with Crippen molar-refractivity contribution in [2.75, 3.05) is 13.1 Å². The first-order chi connectivity index (χ1) is 7.98. The highest BCUT2D eigenvalue weighted by atomic mass is 19.1. The summed E-state index contributed by atoms with van der Waals surface area (Å²) >= 11 is 0. The normalized spacial score (nSPS) is 25.4. The smallest absolute Gasteiger partial charge is 0.410 e. The molecule has 0 spiro atoms. The first-order valence-electron chi connectivity index (χ1n) is 6.38. The molecule has 1 fully saturated rings. The number of amides is 1. The van der Waals surface area contributed by atoms with E-state index in [1.54, 1.807) is 20.8 Å². The predicted molar refractivity (Wildman–Crippen MR) is 69.4 cm³/mol. The molecule has 18 heavy (non-hydrogen) atoms. The first-order valence-corrected chi connectivity index (χ1v) is 6.38. The van der Waals surface area contributed by atoms with E-state index in [0.717, 1.165) is 0 Å². The summed E-state index contributed by atoms with van der Waals surface area (Å²) in [4.78, 5) is 13.3. The highest BCUT2D eigenvalue weighted by Gasteiger charge is 2.38. The number of hydrogen-bond acceptors (Lipinski definition) is 3. The zero-order valence-corrected chi connectivity index (χ0v) is 12.2. The van der Waals surface area contributed by atoms with Gasteiger partial charge in [0.05, 0.1) is 12.6 Å². The number of nitrogens with zero attached hydrogens (tertiary/aromatic N) is 1. The minimum atomic E-state index is -1.04. The van der Waals surface area contributed by atoms with Crippen LogP contribution in [-0.2, 0) is 4.74 Å². The number of carbonyl (C=O) groups is 1. The van der Waals surface area contributed by atoms with Crippen molar-refractivity contribution in [2.45, 2.75) is 64.9 Å². The lowest BCUT2D eigenvalue weighted by Crippen LogP contribution is -2.48. The highest BCUT2D eigenvalue weighted by molar-refractivity contribution is 5.68. The van der Waals surface area contributed by atoms with Crippen LogP contribution in [0.25, 0.3) is 0 Å². The summed E-state index contributed by atoms with van der Waals surface area (Å²) < 4.78 is 19.1. The van der Waals surface area contributed by atoms with Crippen molar-refractivity contribution in [3.8, 4) is 0 Å². The molecule has 0 aliphatic carbocycles. The Morgan fingerprint density at radius 2 is 1.78 bits per heavy atom. The Morgan fingerprint density at radius 3 is 2.22 bits per heavy atom. The maximum absolute atomic E-state index is 13.8. The van der Waals surface area contributed by atoms with Crippen molar-refractivity contribution in [1.29, 1.82) is 0 Å². The first kappa shape index (κ1) is 15.2. The molecule has 0 radical (unpaired) electrons. The third kappa shape index (κ3) is 4.80. The maximum Gasteiger partial charge on any atom is 0.410 e. The summed E-state index contributed by atoms with van der Waals surface area (Å²) in [6.45, 7) is 11.8. The van der Waals surface area contributed by atoms with Crippen LogP contribution in [0, 0.1) is 0 Å². The van der Waals surface area contributed by atoms with Crippen molar-refractivity contribution in [3.63, 3.8) is 0 Å². The monoisotopic (exact) mass is 260 g/mol. The van der Waals surface area contributed by atoms with Crippen molar-refractivity contribution >= 4 is 6.09 Å². The van der Waals surface area contributed by atoms with Crippen LogP contribution in [0.1, 0.15) is 41.5 Å². The Morgan fingerprint density at radius 1 is 1.22 bits per heavy atom. The van der Waals surface area contributed by atoms with E-state index in [0.29, 0.717) is 6.54 Å². The summed E-state index contributed by atoms with van der Waals surface area (Å²) in [5, 5.41) is 3.19. The average molecular weight is 260 g/mol.